The maximum absolute atomic E-state index is 12.9. The largest absolute Gasteiger partial charge is 0.457 e. The number of ketones is 1. The summed E-state index contributed by atoms with van der Waals surface area (Å²) >= 11 is 12.8. The third-order valence-corrected chi connectivity index (χ3v) is 9.18. The van der Waals surface area contributed by atoms with E-state index in [4.69, 9.17) is 27.9 Å². The van der Waals surface area contributed by atoms with Crippen LogP contribution in [0, 0.1) is 0 Å². The minimum atomic E-state index is -3.71. The van der Waals surface area contributed by atoms with Gasteiger partial charge in [0.1, 0.15) is 15.7 Å². The molecule has 168 valence electrons. The lowest BCUT2D eigenvalue weighted by Gasteiger charge is -2.22. The molecule has 0 spiro atoms. The summed E-state index contributed by atoms with van der Waals surface area (Å²) in [6, 6.07) is 17.1. The van der Waals surface area contributed by atoms with Gasteiger partial charge in [-0.15, -0.1) is 11.3 Å². The van der Waals surface area contributed by atoms with Crippen LogP contribution in [0.25, 0.3) is 0 Å². The average molecular weight is 510 g/mol. The molecule has 0 N–H and O–H groups in total. The molecule has 1 aliphatic rings. The van der Waals surface area contributed by atoms with Crippen molar-refractivity contribution < 1.29 is 17.9 Å². The number of Topliss-reactive ketones (excluding diaryl/α,β-unsaturated/α-hetero) is 1. The highest BCUT2D eigenvalue weighted by Crippen LogP contribution is 2.33. The van der Waals surface area contributed by atoms with Crippen molar-refractivity contribution in [2.75, 3.05) is 6.54 Å². The van der Waals surface area contributed by atoms with Gasteiger partial charge < -0.3 is 4.74 Å². The number of carbonyl (C=O) groups excluding carboxylic acids is 1. The van der Waals surface area contributed by atoms with Gasteiger partial charge >= 0.3 is 0 Å². The number of carbonyl (C=O) groups is 1. The standard InChI is InChI=1S/C23H21Cl2NO4S2/c24-17-6-10-19(11-7-17)30-18-8-3-16(4-9-18)5-12-21(27)20-2-1-15-26(20)32(28,29)23-14-13-22(25)31-23/h3-4,6-11,13-14,20H,1-2,5,12,15H2/t20-/m0/s1. The zero-order chi connectivity index (χ0) is 22.7. The fourth-order valence-corrected chi connectivity index (χ4v) is 7.11. The Hall–Kier alpha value is -1.90. The molecular formula is C23H21Cl2NO4S2. The summed E-state index contributed by atoms with van der Waals surface area (Å²) in [7, 11) is -3.71. The van der Waals surface area contributed by atoms with Gasteiger partial charge in [-0.3, -0.25) is 4.79 Å². The van der Waals surface area contributed by atoms with Gasteiger partial charge in [-0.2, -0.15) is 4.31 Å². The van der Waals surface area contributed by atoms with E-state index >= 15 is 0 Å². The van der Waals surface area contributed by atoms with Crippen LogP contribution >= 0.6 is 34.5 Å². The van der Waals surface area contributed by atoms with Crippen LogP contribution in [0.1, 0.15) is 24.8 Å². The number of ether oxygens (including phenoxy) is 1. The molecule has 3 aromatic rings. The Labute approximate surface area is 201 Å². The highest BCUT2D eigenvalue weighted by Gasteiger charge is 2.39. The molecule has 9 heteroatoms. The third-order valence-electron chi connectivity index (χ3n) is 5.32. The Morgan fingerprint density at radius 2 is 1.66 bits per heavy atom. The minimum absolute atomic E-state index is 0.0600. The van der Waals surface area contributed by atoms with Gasteiger partial charge in [0, 0.05) is 18.0 Å². The van der Waals surface area contributed by atoms with E-state index < -0.39 is 16.1 Å². The second-order valence-electron chi connectivity index (χ2n) is 7.50. The number of aryl methyl sites for hydroxylation is 1. The third kappa shape index (κ3) is 5.35. The van der Waals surface area contributed by atoms with Crippen LogP contribution in [0.3, 0.4) is 0 Å². The fraction of sp³-hybridized carbons (Fsp3) is 0.261. The molecule has 1 aliphatic heterocycles. The van der Waals surface area contributed by atoms with Crippen molar-refractivity contribution in [3.05, 3.63) is 75.6 Å². The molecule has 0 saturated carbocycles. The molecule has 5 nitrogen and oxygen atoms in total. The number of hydrogen-bond donors (Lipinski definition) is 0. The molecule has 2 aromatic carbocycles. The molecule has 1 atom stereocenters. The average Bonchev–Trinajstić information content (AvgIpc) is 3.45. The van der Waals surface area contributed by atoms with Gasteiger partial charge in [0.2, 0.25) is 0 Å². The summed E-state index contributed by atoms with van der Waals surface area (Å²) in [6.45, 7) is 0.352. The summed E-state index contributed by atoms with van der Waals surface area (Å²) < 4.78 is 33.6. The molecule has 0 amide bonds. The quantitative estimate of drug-likeness (QED) is 0.362. The van der Waals surface area contributed by atoms with Crippen LogP contribution < -0.4 is 4.74 Å². The monoisotopic (exact) mass is 509 g/mol. The van der Waals surface area contributed by atoms with Crippen LogP contribution in [0.2, 0.25) is 9.36 Å². The molecule has 32 heavy (non-hydrogen) atoms. The van der Waals surface area contributed by atoms with Gasteiger partial charge in [-0.25, -0.2) is 8.42 Å². The predicted molar refractivity (Wildman–Crippen MR) is 128 cm³/mol. The molecule has 0 unspecified atom stereocenters. The lowest BCUT2D eigenvalue weighted by Crippen LogP contribution is -2.40. The van der Waals surface area contributed by atoms with Gasteiger partial charge in [-0.1, -0.05) is 35.3 Å². The topological polar surface area (TPSA) is 63.7 Å². The molecule has 1 aromatic heterocycles. The Morgan fingerprint density at radius 1 is 1.00 bits per heavy atom. The second-order valence-corrected chi connectivity index (χ2v) is 11.8. The molecule has 1 saturated heterocycles. The summed E-state index contributed by atoms with van der Waals surface area (Å²) in [6.07, 6.45) is 2.03. The van der Waals surface area contributed by atoms with Crippen LogP contribution in [0.4, 0.5) is 0 Å². The molecule has 2 heterocycles. The van der Waals surface area contributed by atoms with E-state index in [1.807, 2.05) is 24.3 Å². The number of rotatable bonds is 8. The van der Waals surface area contributed by atoms with Crippen molar-refractivity contribution in [2.24, 2.45) is 0 Å². The number of nitrogens with zero attached hydrogens (tertiary/aromatic N) is 1. The normalized spacial score (nSPS) is 16.9. The molecule has 0 bridgehead atoms. The van der Waals surface area contributed by atoms with Gasteiger partial charge in [-0.05, 0) is 73.4 Å². The molecule has 0 aliphatic carbocycles. The number of sulfonamides is 1. The Balaban J connectivity index is 1.36. The predicted octanol–water partition coefficient (Wildman–Crippen LogP) is 6.20. The van der Waals surface area contributed by atoms with E-state index in [-0.39, 0.29) is 16.4 Å². The van der Waals surface area contributed by atoms with Crippen LogP contribution in [0.15, 0.2) is 64.9 Å². The number of benzene rings is 2. The molecular weight excluding hydrogens is 489 g/mol. The van der Waals surface area contributed by atoms with E-state index in [0.29, 0.717) is 46.7 Å². The lowest BCUT2D eigenvalue weighted by atomic mass is 10.0. The van der Waals surface area contributed by atoms with E-state index in [1.165, 1.54) is 10.4 Å². The zero-order valence-electron chi connectivity index (χ0n) is 17.0. The van der Waals surface area contributed by atoms with Crippen molar-refractivity contribution in [2.45, 2.75) is 35.9 Å². The Bertz CT molecular complexity index is 1190. The van der Waals surface area contributed by atoms with E-state index in [1.54, 1.807) is 30.3 Å². The van der Waals surface area contributed by atoms with Crippen molar-refractivity contribution in [1.82, 2.24) is 4.31 Å². The minimum Gasteiger partial charge on any atom is -0.457 e. The van der Waals surface area contributed by atoms with E-state index in [0.717, 1.165) is 16.9 Å². The summed E-state index contributed by atoms with van der Waals surface area (Å²) in [4.78, 5) is 12.9. The maximum atomic E-state index is 12.9. The number of thiophene rings is 1. The lowest BCUT2D eigenvalue weighted by molar-refractivity contribution is -0.122. The van der Waals surface area contributed by atoms with E-state index in [2.05, 4.69) is 0 Å². The highest BCUT2D eigenvalue weighted by atomic mass is 35.5. The smallest absolute Gasteiger partial charge is 0.253 e. The first-order valence-electron chi connectivity index (χ1n) is 10.2. The van der Waals surface area contributed by atoms with Crippen molar-refractivity contribution >= 4 is 50.3 Å². The molecule has 4 rings (SSSR count). The summed E-state index contributed by atoms with van der Waals surface area (Å²) in [5.41, 5.74) is 0.985. The van der Waals surface area contributed by atoms with Crippen LogP contribution in [-0.2, 0) is 21.2 Å². The Kier molecular flexibility index (Phi) is 7.22. The first kappa shape index (κ1) is 23.3. The number of hydrogen-bond acceptors (Lipinski definition) is 5. The fourth-order valence-electron chi connectivity index (χ4n) is 3.70. The van der Waals surface area contributed by atoms with Gasteiger partial charge in [0.25, 0.3) is 10.0 Å². The summed E-state index contributed by atoms with van der Waals surface area (Å²) in [5, 5.41) is 0.644. The first-order chi connectivity index (χ1) is 15.3. The highest BCUT2D eigenvalue weighted by molar-refractivity contribution is 7.91. The van der Waals surface area contributed by atoms with Crippen molar-refractivity contribution in [1.29, 1.82) is 0 Å². The summed E-state index contributed by atoms with van der Waals surface area (Å²) in [5.74, 6) is 1.31. The first-order valence-corrected chi connectivity index (χ1v) is 13.2. The number of halogens is 2. The molecule has 1 fully saturated rings. The zero-order valence-corrected chi connectivity index (χ0v) is 20.2. The SMILES string of the molecule is O=C(CCc1ccc(Oc2ccc(Cl)cc2)cc1)[C@@H]1CCCN1S(=O)(=O)c1ccc(Cl)s1. The van der Waals surface area contributed by atoms with Gasteiger partial charge in [0.05, 0.1) is 10.4 Å². The second kappa shape index (κ2) is 9.93. The van der Waals surface area contributed by atoms with Crippen molar-refractivity contribution in [3.8, 4) is 11.5 Å². The maximum Gasteiger partial charge on any atom is 0.253 e. The van der Waals surface area contributed by atoms with Gasteiger partial charge in [0.15, 0.2) is 5.78 Å². The molecule has 0 radical (unpaired) electrons. The van der Waals surface area contributed by atoms with Crippen molar-refractivity contribution in [3.63, 3.8) is 0 Å². The Morgan fingerprint density at radius 3 is 2.28 bits per heavy atom. The van der Waals surface area contributed by atoms with E-state index in [9.17, 15) is 13.2 Å². The van der Waals surface area contributed by atoms with Crippen LogP contribution in [-0.4, -0.2) is 31.1 Å². The van der Waals surface area contributed by atoms with Crippen LogP contribution in [0.5, 0.6) is 11.5 Å².